The van der Waals surface area contributed by atoms with Gasteiger partial charge in [0.15, 0.2) is 0 Å². The van der Waals surface area contributed by atoms with Crippen molar-refractivity contribution in [2.24, 2.45) is 0 Å². The first-order chi connectivity index (χ1) is 10.5. The molecule has 1 fully saturated rings. The van der Waals surface area contributed by atoms with Gasteiger partial charge in [0.1, 0.15) is 5.60 Å². The van der Waals surface area contributed by atoms with Crippen molar-refractivity contribution in [3.8, 4) is 0 Å². The number of piperidine rings is 1. The van der Waals surface area contributed by atoms with Crippen LogP contribution in [-0.2, 0) is 20.9 Å². The van der Waals surface area contributed by atoms with E-state index >= 15 is 0 Å². The fraction of sp³-hybridized carbons (Fsp3) is 0.412. The molecule has 116 valence electrons. The van der Waals surface area contributed by atoms with Crippen molar-refractivity contribution in [1.29, 1.82) is 0 Å². The summed E-state index contributed by atoms with van der Waals surface area (Å²) in [6.45, 7) is 3.80. The molecule has 1 aromatic carbocycles. The van der Waals surface area contributed by atoms with Crippen molar-refractivity contribution in [3.63, 3.8) is 0 Å². The second kappa shape index (κ2) is 5.57. The number of carboxylic acid groups (broad SMARTS) is 1. The summed E-state index contributed by atoms with van der Waals surface area (Å²) >= 11 is 0. The molecule has 1 saturated heterocycles. The molecule has 1 aromatic rings. The molecule has 2 aliphatic rings. The second-order valence-electron chi connectivity index (χ2n) is 5.95. The molecule has 5 heteroatoms. The average molecular weight is 301 g/mol. The molecular formula is C17H19NO4. The number of carbonyl (C=O) groups is 2. The Labute approximate surface area is 129 Å². The predicted molar refractivity (Wildman–Crippen MR) is 80.1 cm³/mol. The third kappa shape index (κ3) is 2.52. The lowest BCUT2D eigenvalue weighted by Crippen LogP contribution is -2.47. The lowest BCUT2D eigenvalue weighted by Gasteiger charge is -2.38. The van der Waals surface area contributed by atoms with E-state index in [4.69, 9.17) is 4.74 Å². The van der Waals surface area contributed by atoms with E-state index < -0.39 is 17.5 Å². The molecule has 0 saturated carbocycles. The highest BCUT2D eigenvalue weighted by Gasteiger charge is 2.50. The van der Waals surface area contributed by atoms with Crippen LogP contribution in [-0.4, -0.2) is 40.6 Å². The van der Waals surface area contributed by atoms with E-state index in [-0.39, 0.29) is 11.1 Å². The van der Waals surface area contributed by atoms with Crippen LogP contribution in [0.5, 0.6) is 0 Å². The monoisotopic (exact) mass is 301 g/mol. The lowest BCUT2D eigenvalue weighted by atomic mass is 9.83. The molecule has 2 aliphatic heterocycles. The number of hydrogen-bond donors (Lipinski definition) is 1. The van der Waals surface area contributed by atoms with Crippen LogP contribution in [0.25, 0.3) is 0 Å². The van der Waals surface area contributed by atoms with Crippen molar-refractivity contribution in [2.75, 3.05) is 13.1 Å². The van der Waals surface area contributed by atoms with E-state index in [1.54, 1.807) is 0 Å². The number of aliphatic carboxylic acids is 1. The molecule has 0 amide bonds. The summed E-state index contributed by atoms with van der Waals surface area (Å²) in [5.74, 6) is -1.53. The van der Waals surface area contributed by atoms with Crippen LogP contribution in [0.15, 0.2) is 41.5 Å². The van der Waals surface area contributed by atoms with Gasteiger partial charge in [-0.15, -0.1) is 0 Å². The number of carboxylic acids is 1. The molecule has 2 heterocycles. The van der Waals surface area contributed by atoms with E-state index in [1.807, 2.05) is 18.2 Å². The number of nitrogens with zero attached hydrogens (tertiary/aromatic N) is 1. The number of esters is 1. The third-order valence-corrected chi connectivity index (χ3v) is 4.55. The minimum Gasteiger partial charge on any atom is -0.478 e. The number of benzene rings is 1. The highest BCUT2D eigenvalue weighted by molar-refractivity contribution is 6.04. The maximum Gasteiger partial charge on any atom is 0.336 e. The molecule has 3 rings (SSSR count). The zero-order chi connectivity index (χ0) is 15.7. The van der Waals surface area contributed by atoms with Gasteiger partial charge >= 0.3 is 11.9 Å². The topological polar surface area (TPSA) is 66.8 Å². The van der Waals surface area contributed by atoms with Crippen molar-refractivity contribution in [2.45, 2.75) is 31.9 Å². The van der Waals surface area contributed by atoms with Gasteiger partial charge in [-0.3, -0.25) is 4.90 Å². The minimum absolute atomic E-state index is 0.150. The normalized spacial score (nSPS) is 21.2. The van der Waals surface area contributed by atoms with Crippen LogP contribution in [0.3, 0.4) is 0 Å². The zero-order valence-corrected chi connectivity index (χ0v) is 12.5. The predicted octanol–water partition coefficient (Wildman–Crippen LogP) is 1.98. The molecule has 1 N–H and O–H groups in total. The van der Waals surface area contributed by atoms with Gasteiger partial charge in [-0.2, -0.15) is 0 Å². The van der Waals surface area contributed by atoms with Crippen molar-refractivity contribution >= 4 is 11.9 Å². The number of hydrogen-bond acceptors (Lipinski definition) is 4. The van der Waals surface area contributed by atoms with E-state index in [2.05, 4.69) is 17.0 Å². The second-order valence-corrected chi connectivity index (χ2v) is 5.95. The van der Waals surface area contributed by atoms with E-state index in [0.717, 1.165) is 6.54 Å². The molecule has 0 unspecified atom stereocenters. The smallest absolute Gasteiger partial charge is 0.336 e. The maximum atomic E-state index is 11.8. The molecule has 1 spiro atoms. The van der Waals surface area contributed by atoms with Gasteiger partial charge in [-0.05, 0) is 12.5 Å². The molecule has 0 bridgehead atoms. The molecule has 0 aliphatic carbocycles. The molecule has 0 aromatic heterocycles. The van der Waals surface area contributed by atoms with Gasteiger partial charge < -0.3 is 9.84 Å². The maximum absolute atomic E-state index is 11.8. The van der Waals surface area contributed by atoms with Crippen LogP contribution in [0.2, 0.25) is 0 Å². The first kappa shape index (κ1) is 14.8. The average Bonchev–Trinajstić information content (AvgIpc) is 2.74. The molecular weight excluding hydrogens is 282 g/mol. The van der Waals surface area contributed by atoms with Crippen LogP contribution >= 0.6 is 0 Å². The largest absolute Gasteiger partial charge is 0.478 e. The molecule has 5 nitrogen and oxygen atoms in total. The van der Waals surface area contributed by atoms with Crippen LogP contribution in [0.4, 0.5) is 0 Å². The summed E-state index contributed by atoms with van der Waals surface area (Å²) in [5, 5.41) is 9.42. The molecule has 0 radical (unpaired) electrons. The van der Waals surface area contributed by atoms with E-state index in [1.165, 1.54) is 12.5 Å². The Morgan fingerprint density at radius 2 is 1.91 bits per heavy atom. The summed E-state index contributed by atoms with van der Waals surface area (Å²) in [4.78, 5) is 25.5. The Balaban J connectivity index is 1.71. The van der Waals surface area contributed by atoms with E-state index in [9.17, 15) is 14.7 Å². The van der Waals surface area contributed by atoms with Gasteiger partial charge in [0.05, 0.1) is 5.57 Å². The van der Waals surface area contributed by atoms with Gasteiger partial charge in [-0.1, -0.05) is 30.3 Å². The third-order valence-electron chi connectivity index (χ3n) is 4.55. The van der Waals surface area contributed by atoms with E-state index in [0.29, 0.717) is 25.9 Å². The van der Waals surface area contributed by atoms with Gasteiger partial charge in [-0.25, -0.2) is 9.59 Å². The highest BCUT2D eigenvalue weighted by Crippen LogP contribution is 2.41. The van der Waals surface area contributed by atoms with Crippen LogP contribution < -0.4 is 0 Å². The van der Waals surface area contributed by atoms with Crippen molar-refractivity contribution in [3.05, 3.63) is 47.0 Å². The Morgan fingerprint density at radius 1 is 1.27 bits per heavy atom. The highest BCUT2D eigenvalue weighted by atomic mass is 16.6. The summed E-state index contributed by atoms with van der Waals surface area (Å²) < 4.78 is 5.45. The Hall–Kier alpha value is -2.14. The van der Waals surface area contributed by atoms with Crippen LogP contribution in [0.1, 0.15) is 25.3 Å². The first-order valence-electron chi connectivity index (χ1n) is 7.46. The van der Waals surface area contributed by atoms with Crippen molar-refractivity contribution < 1.29 is 19.4 Å². The summed E-state index contributed by atoms with van der Waals surface area (Å²) in [6.07, 6.45) is 1.06. The van der Waals surface area contributed by atoms with Gasteiger partial charge in [0.25, 0.3) is 0 Å². The zero-order valence-electron chi connectivity index (χ0n) is 12.5. The number of likely N-dealkylation sites (tertiary alicyclic amines) is 1. The van der Waals surface area contributed by atoms with Crippen LogP contribution in [0, 0.1) is 0 Å². The minimum atomic E-state index is -1.04. The van der Waals surface area contributed by atoms with Gasteiger partial charge in [0.2, 0.25) is 0 Å². The Bertz CT molecular complexity index is 627. The number of ether oxygens (including phenoxy) is 1. The number of rotatable bonds is 3. The first-order valence-corrected chi connectivity index (χ1v) is 7.46. The Morgan fingerprint density at radius 3 is 2.50 bits per heavy atom. The summed E-state index contributed by atoms with van der Waals surface area (Å²) in [7, 11) is 0. The number of carbonyl (C=O) groups excluding carboxylic acids is 1. The quantitative estimate of drug-likeness (QED) is 0.865. The SMILES string of the molecule is CC1=C(C(=O)O)C2(CCN(Cc3ccccc3)CC2)OC1=O. The van der Waals surface area contributed by atoms with Crippen molar-refractivity contribution in [1.82, 2.24) is 4.90 Å². The molecule has 22 heavy (non-hydrogen) atoms. The lowest BCUT2D eigenvalue weighted by molar-refractivity contribution is -0.152. The fourth-order valence-corrected chi connectivity index (χ4v) is 3.37. The summed E-state index contributed by atoms with van der Waals surface area (Å²) in [5.41, 5.74) is 0.688. The summed E-state index contributed by atoms with van der Waals surface area (Å²) in [6, 6.07) is 10.2. The Kier molecular flexibility index (Phi) is 3.74. The standard InChI is InChI=1S/C17H19NO4/c1-12-14(15(19)20)17(22-16(12)21)7-9-18(10-8-17)11-13-5-3-2-4-6-13/h2-6H,7-11H2,1H3,(H,19,20). The van der Waals surface area contributed by atoms with Gasteiger partial charge in [0, 0.05) is 38.0 Å². The fourth-order valence-electron chi connectivity index (χ4n) is 3.37. The molecule has 0 atom stereocenters.